The fourth-order valence-electron chi connectivity index (χ4n) is 3.21. The summed E-state index contributed by atoms with van der Waals surface area (Å²) in [4.78, 5) is 26.6. The molecule has 3 aromatic carbocycles. The molecule has 0 heterocycles. The number of amides is 2. The predicted octanol–water partition coefficient (Wildman–Crippen LogP) is 5.02. The summed E-state index contributed by atoms with van der Waals surface area (Å²) in [6, 6.07) is 15.1. The standard InChI is InChI=1S/C25H23F3N2O2/c1-2-12-29-24(31)14-18-4-3-5-21(13-18)30(16-17-6-8-19(26)9-7-17)25(32)22-11-10-20(27)15-23(22)28/h3-11,13,15H,2,12,14,16H2,1H3,(H,29,31). The van der Waals surface area contributed by atoms with E-state index in [0.29, 0.717) is 29.4 Å². The lowest BCUT2D eigenvalue weighted by molar-refractivity contribution is -0.120. The van der Waals surface area contributed by atoms with Crippen molar-refractivity contribution in [1.82, 2.24) is 5.32 Å². The maximum absolute atomic E-state index is 14.3. The number of hydrogen-bond acceptors (Lipinski definition) is 2. The molecule has 0 aliphatic heterocycles. The highest BCUT2D eigenvalue weighted by Crippen LogP contribution is 2.23. The maximum Gasteiger partial charge on any atom is 0.261 e. The number of carbonyl (C=O) groups is 2. The molecule has 0 fully saturated rings. The smallest absolute Gasteiger partial charge is 0.261 e. The van der Waals surface area contributed by atoms with E-state index < -0.39 is 23.4 Å². The number of nitrogens with zero attached hydrogens (tertiary/aromatic N) is 1. The van der Waals surface area contributed by atoms with Crippen LogP contribution in [-0.2, 0) is 17.8 Å². The molecule has 0 atom stereocenters. The van der Waals surface area contributed by atoms with Crippen LogP contribution in [0.15, 0.2) is 66.7 Å². The van der Waals surface area contributed by atoms with E-state index in [1.54, 1.807) is 24.3 Å². The van der Waals surface area contributed by atoms with Crippen molar-refractivity contribution < 1.29 is 22.8 Å². The second-order valence-corrected chi connectivity index (χ2v) is 7.34. The first kappa shape index (κ1) is 23.1. The molecule has 0 spiro atoms. The van der Waals surface area contributed by atoms with Gasteiger partial charge in [0, 0.05) is 18.3 Å². The Bertz CT molecular complexity index is 1100. The van der Waals surface area contributed by atoms with Gasteiger partial charge in [-0.2, -0.15) is 0 Å². The summed E-state index contributed by atoms with van der Waals surface area (Å²) >= 11 is 0. The van der Waals surface area contributed by atoms with Gasteiger partial charge < -0.3 is 10.2 Å². The quantitative estimate of drug-likeness (QED) is 0.535. The van der Waals surface area contributed by atoms with Gasteiger partial charge in [0.2, 0.25) is 5.91 Å². The van der Waals surface area contributed by atoms with E-state index in [2.05, 4.69) is 5.32 Å². The maximum atomic E-state index is 14.3. The summed E-state index contributed by atoms with van der Waals surface area (Å²) in [5.74, 6) is -3.01. The molecule has 7 heteroatoms. The zero-order valence-corrected chi connectivity index (χ0v) is 17.6. The fourth-order valence-corrected chi connectivity index (χ4v) is 3.21. The van der Waals surface area contributed by atoms with E-state index in [-0.39, 0.29) is 24.4 Å². The van der Waals surface area contributed by atoms with Crippen molar-refractivity contribution in [2.45, 2.75) is 26.3 Å². The van der Waals surface area contributed by atoms with Gasteiger partial charge in [-0.3, -0.25) is 9.59 Å². The highest BCUT2D eigenvalue weighted by Gasteiger charge is 2.22. The van der Waals surface area contributed by atoms with Gasteiger partial charge in [-0.15, -0.1) is 0 Å². The van der Waals surface area contributed by atoms with Crippen LogP contribution in [0.25, 0.3) is 0 Å². The summed E-state index contributed by atoms with van der Waals surface area (Å²) in [5, 5.41) is 2.80. The minimum absolute atomic E-state index is 0.0292. The number of hydrogen-bond donors (Lipinski definition) is 1. The fraction of sp³-hybridized carbons (Fsp3) is 0.200. The number of carbonyl (C=O) groups excluding carboxylic acids is 2. The first-order valence-corrected chi connectivity index (χ1v) is 10.2. The van der Waals surface area contributed by atoms with Crippen molar-refractivity contribution in [2.24, 2.45) is 0 Å². The van der Waals surface area contributed by atoms with E-state index >= 15 is 0 Å². The van der Waals surface area contributed by atoms with Crippen LogP contribution >= 0.6 is 0 Å². The Labute approximate surface area is 184 Å². The van der Waals surface area contributed by atoms with Crippen LogP contribution in [0.5, 0.6) is 0 Å². The highest BCUT2D eigenvalue weighted by molar-refractivity contribution is 6.06. The molecule has 0 radical (unpaired) electrons. The lowest BCUT2D eigenvalue weighted by Crippen LogP contribution is -2.31. The molecule has 0 aromatic heterocycles. The molecule has 0 aliphatic carbocycles. The van der Waals surface area contributed by atoms with Gasteiger partial charge in [0.1, 0.15) is 17.5 Å². The summed E-state index contributed by atoms with van der Waals surface area (Å²) in [6.45, 7) is 2.55. The molecular weight excluding hydrogens is 417 g/mol. The molecular formula is C25H23F3N2O2. The molecule has 0 bridgehead atoms. The molecule has 2 amide bonds. The molecule has 0 saturated carbocycles. The zero-order valence-electron chi connectivity index (χ0n) is 17.6. The van der Waals surface area contributed by atoms with Crippen molar-refractivity contribution in [1.29, 1.82) is 0 Å². The van der Waals surface area contributed by atoms with Crippen molar-refractivity contribution in [2.75, 3.05) is 11.4 Å². The Kier molecular flexibility index (Phi) is 7.65. The summed E-state index contributed by atoms with van der Waals surface area (Å²) < 4.78 is 41.0. The van der Waals surface area contributed by atoms with E-state index in [9.17, 15) is 22.8 Å². The van der Waals surface area contributed by atoms with Crippen molar-refractivity contribution in [3.63, 3.8) is 0 Å². The summed E-state index contributed by atoms with van der Waals surface area (Å²) in [5.41, 5.74) is 1.43. The SMILES string of the molecule is CCCNC(=O)Cc1cccc(N(Cc2ccc(F)cc2)C(=O)c2ccc(F)cc2F)c1. The Morgan fingerprint density at radius 1 is 0.875 bits per heavy atom. The summed E-state index contributed by atoms with van der Waals surface area (Å²) in [7, 11) is 0. The normalized spacial score (nSPS) is 10.6. The highest BCUT2D eigenvalue weighted by atomic mass is 19.1. The number of halogens is 3. The topological polar surface area (TPSA) is 49.4 Å². The van der Waals surface area contributed by atoms with Crippen molar-refractivity contribution >= 4 is 17.5 Å². The van der Waals surface area contributed by atoms with Crippen LogP contribution in [0.4, 0.5) is 18.9 Å². The van der Waals surface area contributed by atoms with Crippen LogP contribution < -0.4 is 10.2 Å². The van der Waals surface area contributed by atoms with Gasteiger partial charge in [-0.25, -0.2) is 13.2 Å². The number of benzene rings is 3. The van der Waals surface area contributed by atoms with Crippen LogP contribution in [0.3, 0.4) is 0 Å². The van der Waals surface area contributed by atoms with Crippen LogP contribution in [0.2, 0.25) is 0 Å². The molecule has 3 rings (SSSR count). The Morgan fingerprint density at radius 2 is 1.59 bits per heavy atom. The Balaban J connectivity index is 1.94. The average Bonchev–Trinajstić information content (AvgIpc) is 2.77. The lowest BCUT2D eigenvalue weighted by Gasteiger charge is -2.24. The Morgan fingerprint density at radius 3 is 2.28 bits per heavy atom. The number of rotatable bonds is 8. The third kappa shape index (κ3) is 5.97. The van der Waals surface area contributed by atoms with Crippen LogP contribution in [-0.4, -0.2) is 18.4 Å². The van der Waals surface area contributed by atoms with E-state index in [0.717, 1.165) is 18.6 Å². The molecule has 32 heavy (non-hydrogen) atoms. The van der Waals surface area contributed by atoms with Gasteiger partial charge in [-0.05, 0) is 53.9 Å². The van der Waals surface area contributed by atoms with Crippen molar-refractivity contribution in [3.05, 3.63) is 101 Å². The first-order chi connectivity index (χ1) is 15.4. The number of nitrogens with one attached hydrogen (secondary N) is 1. The second-order valence-electron chi connectivity index (χ2n) is 7.34. The average molecular weight is 440 g/mol. The van der Waals surface area contributed by atoms with Crippen LogP contribution in [0, 0.1) is 17.5 Å². The van der Waals surface area contributed by atoms with Gasteiger partial charge in [-0.1, -0.05) is 31.2 Å². The van der Waals surface area contributed by atoms with Gasteiger partial charge in [0.15, 0.2) is 0 Å². The van der Waals surface area contributed by atoms with E-state index in [1.165, 1.54) is 29.2 Å². The molecule has 0 aliphatic rings. The first-order valence-electron chi connectivity index (χ1n) is 10.2. The second kappa shape index (κ2) is 10.6. The third-order valence-electron chi connectivity index (χ3n) is 4.82. The minimum atomic E-state index is -0.978. The third-order valence-corrected chi connectivity index (χ3v) is 4.82. The predicted molar refractivity (Wildman–Crippen MR) is 117 cm³/mol. The van der Waals surface area contributed by atoms with Gasteiger partial charge in [0.25, 0.3) is 5.91 Å². The monoisotopic (exact) mass is 440 g/mol. The van der Waals surface area contributed by atoms with Crippen molar-refractivity contribution in [3.8, 4) is 0 Å². The molecule has 1 N–H and O–H groups in total. The molecule has 166 valence electrons. The minimum Gasteiger partial charge on any atom is -0.356 e. The van der Waals surface area contributed by atoms with E-state index in [4.69, 9.17) is 0 Å². The van der Waals surface area contributed by atoms with Gasteiger partial charge >= 0.3 is 0 Å². The van der Waals surface area contributed by atoms with Gasteiger partial charge in [0.05, 0.1) is 18.5 Å². The molecule has 0 saturated heterocycles. The summed E-state index contributed by atoms with van der Waals surface area (Å²) in [6.07, 6.45) is 0.937. The molecule has 4 nitrogen and oxygen atoms in total. The molecule has 0 unspecified atom stereocenters. The molecule has 3 aromatic rings. The largest absolute Gasteiger partial charge is 0.356 e. The number of anilines is 1. The zero-order chi connectivity index (χ0) is 23.1. The van der Waals surface area contributed by atoms with E-state index in [1.807, 2.05) is 6.92 Å². The Hall–Kier alpha value is -3.61. The van der Waals surface area contributed by atoms with Crippen LogP contribution in [0.1, 0.15) is 34.8 Å². The lowest BCUT2D eigenvalue weighted by atomic mass is 10.1.